The van der Waals surface area contributed by atoms with Crippen molar-refractivity contribution in [3.05, 3.63) is 64.7 Å². The van der Waals surface area contributed by atoms with Gasteiger partial charge in [-0.15, -0.1) is 0 Å². The fourth-order valence-corrected chi connectivity index (χ4v) is 2.66. The van der Waals surface area contributed by atoms with E-state index in [0.717, 1.165) is 30.2 Å². The van der Waals surface area contributed by atoms with Crippen molar-refractivity contribution >= 4 is 5.96 Å². The van der Waals surface area contributed by atoms with Gasteiger partial charge in [0.05, 0.1) is 6.61 Å². The Morgan fingerprint density at radius 2 is 1.70 bits per heavy atom. The maximum Gasteiger partial charge on any atom is 0.191 e. The van der Waals surface area contributed by atoms with Gasteiger partial charge >= 0.3 is 0 Å². The van der Waals surface area contributed by atoms with Gasteiger partial charge in [-0.2, -0.15) is 0 Å². The zero-order chi connectivity index (χ0) is 19.5. The molecule has 0 saturated heterocycles. The molecule has 0 atom stereocenters. The molecule has 0 heterocycles. The van der Waals surface area contributed by atoms with Crippen LogP contribution in [0.1, 0.15) is 22.3 Å². The van der Waals surface area contributed by atoms with Crippen molar-refractivity contribution in [1.82, 2.24) is 10.6 Å². The lowest BCUT2D eigenvalue weighted by Crippen LogP contribution is -2.37. The maximum absolute atomic E-state index is 5.85. The minimum absolute atomic E-state index is 0.538. The van der Waals surface area contributed by atoms with Gasteiger partial charge in [0.2, 0.25) is 0 Å². The molecule has 0 spiro atoms. The number of hydrogen-bond acceptors (Lipinski definition) is 3. The van der Waals surface area contributed by atoms with E-state index in [4.69, 9.17) is 9.47 Å². The molecule has 0 aromatic heterocycles. The molecule has 0 amide bonds. The van der Waals surface area contributed by atoms with Gasteiger partial charge in [-0.3, -0.25) is 4.99 Å². The molecule has 2 N–H and O–H groups in total. The average Bonchev–Trinajstić information content (AvgIpc) is 2.67. The van der Waals surface area contributed by atoms with E-state index in [9.17, 15) is 0 Å². The quantitative estimate of drug-likeness (QED) is 0.405. The molecular formula is C22H31N3O2. The molecule has 0 aliphatic carbocycles. The predicted molar refractivity (Wildman–Crippen MR) is 112 cm³/mol. The van der Waals surface area contributed by atoms with Crippen LogP contribution in [0.2, 0.25) is 0 Å². The number of nitrogens with one attached hydrogen (secondary N) is 2. The molecule has 0 aliphatic heterocycles. The highest BCUT2D eigenvalue weighted by molar-refractivity contribution is 5.79. The molecule has 5 nitrogen and oxygen atoms in total. The molecule has 0 unspecified atom stereocenters. The minimum atomic E-state index is 0.538. The number of ether oxygens (including phenoxy) is 2. The van der Waals surface area contributed by atoms with Crippen LogP contribution >= 0.6 is 0 Å². The third-order valence-electron chi connectivity index (χ3n) is 4.26. The summed E-state index contributed by atoms with van der Waals surface area (Å²) in [5.74, 6) is 1.67. The maximum atomic E-state index is 5.85. The third kappa shape index (κ3) is 7.31. The van der Waals surface area contributed by atoms with Crippen LogP contribution in [0, 0.1) is 13.8 Å². The lowest BCUT2D eigenvalue weighted by atomic mass is 10.1. The molecule has 27 heavy (non-hydrogen) atoms. The van der Waals surface area contributed by atoms with E-state index in [-0.39, 0.29) is 0 Å². The highest BCUT2D eigenvalue weighted by Crippen LogP contribution is 2.20. The molecule has 0 radical (unpaired) electrons. The van der Waals surface area contributed by atoms with Gasteiger partial charge in [-0.05, 0) is 37.5 Å². The standard InChI is InChI=1S/C22H31N3O2/c1-17-5-8-19(9-6-17)11-12-24-22(23-3)25-16-20-10-7-18(2)15-21(20)27-14-13-26-4/h5-10,15H,11-14,16H2,1-4H3,(H2,23,24,25). The largest absolute Gasteiger partial charge is 0.491 e. The first-order chi connectivity index (χ1) is 13.1. The summed E-state index contributed by atoms with van der Waals surface area (Å²) >= 11 is 0. The van der Waals surface area contributed by atoms with Gasteiger partial charge in [-0.1, -0.05) is 42.0 Å². The Labute approximate surface area is 162 Å². The van der Waals surface area contributed by atoms with E-state index in [0.29, 0.717) is 19.8 Å². The Bertz CT molecular complexity index is 727. The molecule has 2 aromatic carbocycles. The van der Waals surface area contributed by atoms with Gasteiger partial charge in [0, 0.05) is 32.8 Å². The van der Waals surface area contributed by atoms with Crippen molar-refractivity contribution in [1.29, 1.82) is 0 Å². The van der Waals surface area contributed by atoms with Crippen LogP contribution < -0.4 is 15.4 Å². The lowest BCUT2D eigenvalue weighted by Gasteiger charge is -2.15. The summed E-state index contributed by atoms with van der Waals surface area (Å²) < 4.78 is 10.9. The van der Waals surface area contributed by atoms with Crippen LogP contribution in [0.3, 0.4) is 0 Å². The van der Waals surface area contributed by atoms with Gasteiger partial charge in [0.25, 0.3) is 0 Å². The van der Waals surface area contributed by atoms with Crippen molar-refractivity contribution in [2.45, 2.75) is 26.8 Å². The third-order valence-corrected chi connectivity index (χ3v) is 4.26. The van der Waals surface area contributed by atoms with Crippen LogP contribution in [-0.2, 0) is 17.7 Å². The average molecular weight is 370 g/mol. The number of methoxy groups -OCH3 is 1. The van der Waals surface area contributed by atoms with Gasteiger partial charge < -0.3 is 20.1 Å². The van der Waals surface area contributed by atoms with E-state index in [1.165, 1.54) is 16.7 Å². The number of nitrogens with zero attached hydrogens (tertiary/aromatic N) is 1. The summed E-state index contributed by atoms with van der Waals surface area (Å²) in [6.07, 6.45) is 0.955. The number of guanidine groups is 1. The van der Waals surface area contributed by atoms with E-state index >= 15 is 0 Å². The lowest BCUT2D eigenvalue weighted by molar-refractivity contribution is 0.145. The first-order valence-electron chi connectivity index (χ1n) is 9.33. The summed E-state index contributed by atoms with van der Waals surface area (Å²) in [7, 11) is 3.46. The molecule has 2 rings (SSSR count). The van der Waals surface area contributed by atoms with Crippen molar-refractivity contribution in [3.8, 4) is 5.75 Å². The second-order valence-electron chi connectivity index (χ2n) is 6.54. The number of benzene rings is 2. The van der Waals surface area contributed by atoms with Gasteiger partial charge in [-0.25, -0.2) is 0 Å². The minimum Gasteiger partial charge on any atom is -0.491 e. The summed E-state index contributed by atoms with van der Waals surface area (Å²) in [4.78, 5) is 4.30. The zero-order valence-corrected chi connectivity index (χ0v) is 16.8. The van der Waals surface area contributed by atoms with Crippen LogP contribution in [0.25, 0.3) is 0 Å². The van der Waals surface area contributed by atoms with Crippen molar-refractivity contribution < 1.29 is 9.47 Å². The fraction of sp³-hybridized carbons (Fsp3) is 0.409. The van der Waals surface area contributed by atoms with E-state index in [2.05, 4.69) is 71.9 Å². The molecule has 0 fully saturated rings. The summed E-state index contributed by atoms with van der Waals surface area (Å²) in [6.45, 7) is 6.75. The number of aryl methyl sites for hydroxylation is 2. The smallest absolute Gasteiger partial charge is 0.191 e. The molecule has 0 saturated carbocycles. The van der Waals surface area contributed by atoms with Crippen LogP contribution in [0.5, 0.6) is 5.75 Å². The summed E-state index contributed by atoms with van der Waals surface area (Å²) in [5, 5.41) is 6.72. The molecule has 0 aliphatic rings. The number of aliphatic imine (C=N–C) groups is 1. The van der Waals surface area contributed by atoms with E-state index in [1.54, 1.807) is 14.2 Å². The topological polar surface area (TPSA) is 54.9 Å². The SMILES string of the molecule is CN=C(NCCc1ccc(C)cc1)NCc1ccc(C)cc1OCCOC. The van der Waals surface area contributed by atoms with Gasteiger partial charge in [0.1, 0.15) is 12.4 Å². The second kappa shape index (κ2) is 11.2. The Morgan fingerprint density at radius 3 is 2.41 bits per heavy atom. The molecule has 5 heteroatoms. The fourth-order valence-electron chi connectivity index (χ4n) is 2.66. The Kier molecular flexibility index (Phi) is 8.65. The van der Waals surface area contributed by atoms with Crippen molar-refractivity contribution in [3.63, 3.8) is 0 Å². The van der Waals surface area contributed by atoms with Crippen molar-refractivity contribution in [2.75, 3.05) is 33.9 Å². The first kappa shape index (κ1) is 20.8. The zero-order valence-electron chi connectivity index (χ0n) is 16.8. The molecule has 2 aromatic rings. The monoisotopic (exact) mass is 369 g/mol. The second-order valence-corrected chi connectivity index (χ2v) is 6.54. The van der Waals surface area contributed by atoms with E-state index in [1.807, 2.05) is 0 Å². The Balaban J connectivity index is 1.85. The van der Waals surface area contributed by atoms with Crippen LogP contribution in [0.15, 0.2) is 47.5 Å². The Hall–Kier alpha value is -2.53. The highest BCUT2D eigenvalue weighted by atomic mass is 16.5. The van der Waals surface area contributed by atoms with E-state index < -0.39 is 0 Å². The molecule has 146 valence electrons. The number of rotatable bonds is 9. The molecular weight excluding hydrogens is 338 g/mol. The summed E-state index contributed by atoms with van der Waals surface area (Å²) in [5.41, 5.74) is 4.87. The normalized spacial score (nSPS) is 11.3. The van der Waals surface area contributed by atoms with Crippen LogP contribution in [0.4, 0.5) is 0 Å². The molecule has 0 bridgehead atoms. The summed E-state index contributed by atoms with van der Waals surface area (Å²) in [6, 6.07) is 14.9. The number of hydrogen-bond donors (Lipinski definition) is 2. The van der Waals surface area contributed by atoms with Crippen molar-refractivity contribution in [2.24, 2.45) is 4.99 Å². The Morgan fingerprint density at radius 1 is 0.963 bits per heavy atom. The first-order valence-corrected chi connectivity index (χ1v) is 9.33. The van der Waals surface area contributed by atoms with Gasteiger partial charge in [0.15, 0.2) is 5.96 Å². The van der Waals surface area contributed by atoms with Crippen LogP contribution in [-0.4, -0.2) is 39.9 Å². The highest BCUT2D eigenvalue weighted by Gasteiger charge is 2.06. The predicted octanol–water partition coefficient (Wildman–Crippen LogP) is 3.24.